The van der Waals surface area contributed by atoms with Gasteiger partial charge in [0.25, 0.3) is 0 Å². The van der Waals surface area contributed by atoms with Gasteiger partial charge in [-0.1, -0.05) is 0 Å². The van der Waals surface area contributed by atoms with E-state index < -0.39 is 0 Å². The average molecular weight is 168 g/mol. The molecular formula is C8H16N4. The zero-order valence-electron chi connectivity index (χ0n) is 7.43. The molecule has 4 nitrogen and oxygen atoms in total. The van der Waals surface area contributed by atoms with Crippen molar-refractivity contribution in [2.75, 3.05) is 13.1 Å². The number of nitrogens with two attached hydrogens (primary N) is 1. The summed E-state index contributed by atoms with van der Waals surface area (Å²) in [6.45, 7) is 4.51. The van der Waals surface area contributed by atoms with E-state index in [1.807, 2.05) is 13.1 Å². The first-order valence-corrected chi connectivity index (χ1v) is 4.24. The van der Waals surface area contributed by atoms with Gasteiger partial charge in [0.2, 0.25) is 0 Å². The van der Waals surface area contributed by atoms with E-state index in [2.05, 4.69) is 15.3 Å². The van der Waals surface area contributed by atoms with Gasteiger partial charge >= 0.3 is 0 Å². The van der Waals surface area contributed by atoms with Crippen LogP contribution in [0.3, 0.4) is 0 Å². The van der Waals surface area contributed by atoms with Crippen molar-refractivity contribution in [3.63, 3.8) is 0 Å². The van der Waals surface area contributed by atoms with E-state index in [1.54, 1.807) is 0 Å². The van der Waals surface area contributed by atoms with Crippen molar-refractivity contribution in [2.45, 2.75) is 19.9 Å². The zero-order chi connectivity index (χ0) is 8.81. The summed E-state index contributed by atoms with van der Waals surface area (Å²) in [5.41, 5.74) is 6.48. The predicted octanol–water partition coefficient (Wildman–Crippen LogP) is 0.157. The van der Waals surface area contributed by atoms with Crippen molar-refractivity contribution in [3.05, 3.63) is 17.7 Å². The Labute approximate surface area is 72.6 Å². The van der Waals surface area contributed by atoms with Crippen molar-refractivity contribution in [1.82, 2.24) is 15.3 Å². The van der Waals surface area contributed by atoms with Crippen molar-refractivity contribution in [3.8, 4) is 0 Å². The van der Waals surface area contributed by atoms with Crippen LogP contribution in [0, 0.1) is 6.92 Å². The monoisotopic (exact) mass is 168 g/mol. The normalized spacial score (nSPS) is 10.5. The topological polar surface area (TPSA) is 66.7 Å². The molecule has 0 aliphatic rings. The molecule has 1 aromatic heterocycles. The number of rotatable bonds is 5. The van der Waals surface area contributed by atoms with Crippen molar-refractivity contribution in [2.24, 2.45) is 5.73 Å². The second-order valence-electron chi connectivity index (χ2n) is 2.81. The number of imidazole rings is 1. The smallest absolute Gasteiger partial charge is 0.103 e. The highest BCUT2D eigenvalue weighted by Gasteiger charge is 1.94. The van der Waals surface area contributed by atoms with Crippen LogP contribution < -0.4 is 11.1 Å². The molecule has 0 fully saturated rings. The van der Waals surface area contributed by atoms with Gasteiger partial charge in [0.15, 0.2) is 0 Å². The van der Waals surface area contributed by atoms with E-state index in [1.165, 1.54) is 0 Å². The first kappa shape index (κ1) is 9.22. The fraction of sp³-hybridized carbons (Fsp3) is 0.625. The van der Waals surface area contributed by atoms with E-state index in [-0.39, 0.29) is 0 Å². The third kappa shape index (κ3) is 3.02. The van der Waals surface area contributed by atoms with E-state index >= 15 is 0 Å². The average Bonchev–Trinajstić information content (AvgIpc) is 2.45. The van der Waals surface area contributed by atoms with Gasteiger partial charge in [0.1, 0.15) is 5.82 Å². The van der Waals surface area contributed by atoms with E-state index in [0.29, 0.717) is 0 Å². The minimum Gasteiger partial charge on any atom is -0.345 e. The van der Waals surface area contributed by atoms with Gasteiger partial charge in [-0.15, -0.1) is 0 Å². The molecule has 0 aliphatic carbocycles. The van der Waals surface area contributed by atoms with Crippen LogP contribution in [0.5, 0.6) is 0 Å². The van der Waals surface area contributed by atoms with E-state index in [4.69, 9.17) is 5.73 Å². The molecular weight excluding hydrogens is 152 g/mol. The quantitative estimate of drug-likeness (QED) is 0.548. The Morgan fingerprint density at radius 3 is 3.08 bits per heavy atom. The molecule has 0 atom stereocenters. The molecule has 1 aromatic rings. The molecule has 0 radical (unpaired) electrons. The lowest BCUT2D eigenvalue weighted by Crippen LogP contribution is -2.17. The Kier molecular flexibility index (Phi) is 3.76. The Balaban J connectivity index is 2.15. The Bertz CT molecular complexity index is 219. The predicted molar refractivity (Wildman–Crippen MR) is 48.7 cm³/mol. The van der Waals surface area contributed by atoms with Crippen LogP contribution in [0.2, 0.25) is 0 Å². The minimum absolute atomic E-state index is 0.745. The second-order valence-corrected chi connectivity index (χ2v) is 2.81. The summed E-state index contributed by atoms with van der Waals surface area (Å²) in [5, 5.41) is 3.26. The fourth-order valence-electron chi connectivity index (χ4n) is 1.01. The molecule has 0 bridgehead atoms. The largest absolute Gasteiger partial charge is 0.345 e. The molecule has 1 heterocycles. The van der Waals surface area contributed by atoms with Gasteiger partial charge in [0, 0.05) is 18.4 Å². The van der Waals surface area contributed by atoms with Crippen LogP contribution in [-0.4, -0.2) is 23.1 Å². The molecule has 0 aliphatic heterocycles. The maximum atomic E-state index is 5.35. The van der Waals surface area contributed by atoms with Crippen LogP contribution in [0.1, 0.15) is 17.9 Å². The van der Waals surface area contributed by atoms with Crippen molar-refractivity contribution in [1.29, 1.82) is 0 Å². The molecule has 4 heteroatoms. The van der Waals surface area contributed by atoms with E-state index in [0.717, 1.165) is 37.6 Å². The lowest BCUT2D eigenvalue weighted by atomic mass is 10.4. The summed E-state index contributed by atoms with van der Waals surface area (Å²) in [5.74, 6) is 0.964. The lowest BCUT2D eigenvalue weighted by Gasteiger charge is -2.00. The molecule has 0 unspecified atom stereocenters. The summed E-state index contributed by atoms with van der Waals surface area (Å²) >= 11 is 0. The molecule has 0 aromatic carbocycles. The molecule has 12 heavy (non-hydrogen) atoms. The molecule has 0 saturated heterocycles. The number of aromatic nitrogens is 2. The number of hydrogen-bond acceptors (Lipinski definition) is 3. The number of hydrogen-bond donors (Lipinski definition) is 3. The number of aromatic amines is 1. The maximum absolute atomic E-state index is 5.35. The summed E-state index contributed by atoms with van der Waals surface area (Å²) in [7, 11) is 0. The Morgan fingerprint density at radius 1 is 1.67 bits per heavy atom. The molecule has 0 spiro atoms. The highest BCUT2D eigenvalue weighted by Crippen LogP contribution is 1.93. The van der Waals surface area contributed by atoms with Crippen LogP contribution >= 0.6 is 0 Å². The summed E-state index contributed by atoms with van der Waals surface area (Å²) in [6.07, 6.45) is 2.87. The molecule has 4 N–H and O–H groups in total. The SMILES string of the molecule is Cc1ncc(CNCCCN)[nH]1. The van der Waals surface area contributed by atoms with Gasteiger partial charge in [-0.2, -0.15) is 0 Å². The lowest BCUT2D eigenvalue weighted by molar-refractivity contribution is 0.647. The van der Waals surface area contributed by atoms with Crippen LogP contribution in [0.15, 0.2) is 6.20 Å². The van der Waals surface area contributed by atoms with Gasteiger partial charge in [-0.25, -0.2) is 4.98 Å². The molecule has 0 saturated carbocycles. The summed E-state index contributed by atoms with van der Waals surface area (Å²) in [4.78, 5) is 7.24. The van der Waals surface area contributed by atoms with Crippen LogP contribution in [0.25, 0.3) is 0 Å². The highest BCUT2D eigenvalue weighted by atomic mass is 15.0. The summed E-state index contributed by atoms with van der Waals surface area (Å²) in [6, 6.07) is 0. The third-order valence-electron chi connectivity index (χ3n) is 1.63. The highest BCUT2D eigenvalue weighted by molar-refractivity contribution is 4.98. The summed E-state index contributed by atoms with van der Waals surface area (Å²) < 4.78 is 0. The second kappa shape index (κ2) is 4.90. The molecule has 0 amide bonds. The van der Waals surface area contributed by atoms with Crippen LogP contribution in [-0.2, 0) is 6.54 Å². The standard InChI is InChI=1S/C8H16N4/c1-7-11-6-8(12-7)5-10-4-2-3-9/h6,10H,2-5,9H2,1H3,(H,11,12). The van der Waals surface area contributed by atoms with Crippen molar-refractivity contribution >= 4 is 0 Å². The third-order valence-corrected chi connectivity index (χ3v) is 1.63. The van der Waals surface area contributed by atoms with E-state index in [9.17, 15) is 0 Å². The number of nitrogens with one attached hydrogen (secondary N) is 2. The zero-order valence-corrected chi connectivity index (χ0v) is 7.43. The van der Waals surface area contributed by atoms with Crippen molar-refractivity contribution < 1.29 is 0 Å². The number of H-pyrrole nitrogens is 1. The van der Waals surface area contributed by atoms with Gasteiger partial charge < -0.3 is 16.0 Å². The number of nitrogens with zero attached hydrogens (tertiary/aromatic N) is 1. The maximum Gasteiger partial charge on any atom is 0.103 e. The first-order chi connectivity index (χ1) is 5.83. The number of aryl methyl sites for hydroxylation is 1. The molecule has 1 rings (SSSR count). The minimum atomic E-state index is 0.745. The van der Waals surface area contributed by atoms with Gasteiger partial charge in [0.05, 0.1) is 0 Å². The van der Waals surface area contributed by atoms with Gasteiger partial charge in [-0.3, -0.25) is 0 Å². The first-order valence-electron chi connectivity index (χ1n) is 4.24. The molecule has 68 valence electrons. The fourth-order valence-corrected chi connectivity index (χ4v) is 1.01. The van der Waals surface area contributed by atoms with Gasteiger partial charge in [-0.05, 0) is 26.4 Å². The van der Waals surface area contributed by atoms with Crippen LogP contribution in [0.4, 0.5) is 0 Å². The Morgan fingerprint density at radius 2 is 2.50 bits per heavy atom. The Hall–Kier alpha value is -0.870.